The second kappa shape index (κ2) is 5.54. The van der Waals surface area contributed by atoms with Gasteiger partial charge >= 0.3 is 5.97 Å². The molecule has 0 saturated heterocycles. The number of hydrogen-bond acceptors (Lipinski definition) is 5. The van der Waals surface area contributed by atoms with Crippen LogP contribution in [-0.4, -0.2) is 33.5 Å². The van der Waals surface area contributed by atoms with E-state index in [0.29, 0.717) is 5.56 Å². The molecule has 0 aromatic heterocycles. The Kier molecular flexibility index (Phi) is 4.34. The fourth-order valence-corrected chi connectivity index (χ4v) is 1.31. The first-order chi connectivity index (χ1) is 7.90. The van der Waals surface area contributed by atoms with Gasteiger partial charge in [-0.3, -0.25) is 0 Å². The van der Waals surface area contributed by atoms with Gasteiger partial charge in [-0.1, -0.05) is 6.07 Å². The normalized spacial score (nSPS) is 12.5. The van der Waals surface area contributed by atoms with Crippen molar-refractivity contribution in [2.75, 3.05) is 0 Å². The van der Waals surface area contributed by atoms with Gasteiger partial charge in [-0.15, -0.1) is 0 Å². The minimum absolute atomic E-state index is 0.0272. The Morgan fingerprint density at radius 1 is 1.29 bits per heavy atom. The average Bonchev–Trinajstić information content (AvgIpc) is 2.22. The van der Waals surface area contributed by atoms with Crippen molar-refractivity contribution in [2.24, 2.45) is 0 Å². The second-order valence-corrected chi connectivity index (χ2v) is 4.03. The van der Waals surface area contributed by atoms with E-state index in [-0.39, 0.29) is 24.0 Å². The molecule has 0 spiro atoms. The van der Waals surface area contributed by atoms with Crippen LogP contribution in [0.3, 0.4) is 0 Å². The van der Waals surface area contributed by atoms with Crippen LogP contribution in [-0.2, 0) is 16.0 Å². The van der Waals surface area contributed by atoms with Crippen molar-refractivity contribution in [1.29, 1.82) is 0 Å². The Hall–Kier alpha value is -1.75. The van der Waals surface area contributed by atoms with Gasteiger partial charge in [-0.05, 0) is 31.5 Å². The van der Waals surface area contributed by atoms with E-state index in [9.17, 15) is 15.0 Å². The minimum atomic E-state index is -1.28. The van der Waals surface area contributed by atoms with Crippen molar-refractivity contribution in [3.05, 3.63) is 23.8 Å². The third-order valence-corrected chi connectivity index (χ3v) is 2.09. The van der Waals surface area contributed by atoms with E-state index in [0.717, 1.165) is 0 Å². The molecule has 0 heterocycles. The number of hydrogen-bond donors (Lipinski definition) is 3. The van der Waals surface area contributed by atoms with Crippen molar-refractivity contribution in [3.63, 3.8) is 0 Å². The summed E-state index contributed by atoms with van der Waals surface area (Å²) in [7, 11) is 0. The third-order valence-electron chi connectivity index (χ3n) is 2.09. The lowest BCUT2D eigenvalue weighted by molar-refractivity contribution is -0.157. The summed E-state index contributed by atoms with van der Waals surface area (Å²) in [5, 5.41) is 27.9. The predicted octanol–water partition coefficient (Wildman–Crippen LogP) is 0.953. The number of benzene rings is 1. The number of carbonyl (C=O) groups excluding carboxylic acids is 1. The SMILES string of the molecule is CC(C)OC(=O)[C@@H](O)Cc1ccc(O)c(O)c1. The zero-order valence-electron chi connectivity index (χ0n) is 9.75. The zero-order chi connectivity index (χ0) is 13.0. The molecule has 1 rings (SSSR count). The van der Waals surface area contributed by atoms with Crippen LogP contribution in [0.25, 0.3) is 0 Å². The number of phenolic OH excluding ortho intramolecular Hbond substituents is 2. The van der Waals surface area contributed by atoms with Gasteiger partial charge in [0.1, 0.15) is 0 Å². The van der Waals surface area contributed by atoms with E-state index < -0.39 is 12.1 Å². The molecule has 0 radical (unpaired) electrons. The van der Waals surface area contributed by atoms with Crippen LogP contribution >= 0.6 is 0 Å². The van der Waals surface area contributed by atoms with Crippen molar-refractivity contribution < 1.29 is 24.9 Å². The van der Waals surface area contributed by atoms with Crippen LogP contribution in [0.15, 0.2) is 18.2 Å². The van der Waals surface area contributed by atoms with Gasteiger partial charge in [0.05, 0.1) is 6.10 Å². The number of rotatable bonds is 4. The fourth-order valence-electron chi connectivity index (χ4n) is 1.31. The van der Waals surface area contributed by atoms with E-state index in [4.69, 9.17) is 9.84 Å². The van der Waals surface area contributed by atoms with Gasteiger partial charge in [0.25, 0.3) is 0 Å². The van der Waals surface area contributed by atoms with Gasteiger partial charge in [-0.25, -0.2) is 4.79 Å². The predicted molar refractivity (Wildman–Crippen MR) is 60.7 cm³/mol. The Bertz CT molecular complexity index is 400. The van der Waals surface area contributed by atoms with E-state index in [1.807, 2.05) is 0 Å². The molecular formula is C12H16O5. The van der Waals surface area contributed by atoms with Crippen LogP contribution in [0.2, 0.25) is 0 Å². The molecular weight excluding hydrogens is 224 g/mol. The van der Waals surface area contributed by atoms with E-state index in [1.54, 1.807) is 13.8 Å². The average molecular weight is 240 g/mol. The summed E-state index contributed by atoms with van der Waals surface area (Å²) in [6.45, 7) is 3.38. The molecule has 3 N–H and O–H groups in total. The highest BCUT2D eigenvalue weighted by Gasteiger charge is 2.18. The number of aliphatic hydroxyl groups is 1. The maximum atomic E-state index is 11.3. The maximum absolute atomic E-state index is 11.3. The van der Waals surface area contributed by atoms with Crippen molar-refractivity contribution in [1.82, 2.24) is 0 Å². The molecule has 5 heteroatoms. The molecule has 0 amide bonds. The van der Waals surface area contributed by atoms with Crippen LogP contribution in [0.5, 0.6) is 11.5 Å². The highest BCUT2D eigenvalue weighted by molar-refractivity contribution is 5.75. The maximum Gasteiger partial charge on any atom is 0.335 e. The lowest BCUT2D eigenvalue weighted by Crippen LogP contribution is -2.27. The number of phenols is 2. The number of aliphatic hydroxyl groups excluding tert-OH is 1. The molecule has 0 aliphatic heterocycles. The molecule has 1 aromatic rings. The molecule has 0 aliphatic carbocycles. The summed E-state index contributed by atoms with van der Waals surface area (Å²) >= 11 is 0. The molecule has 1 atom stereocenters. The van der Waals surface area contributed by atoms with E-state index in [2.05, 4.69) is 0 Å². The Labute approximate surface area is 99.3 Å². The minimum Gasteiger partial charge on any atom is -0.504 e. The number of aromatic hydroxyl groups is 2. The molecule has 0 fully saturated rings. The highest BCUT2D eigenvalue weighted by Crippen LogP contribution is 2.25. The van der Waals surface area contributed by atoms with Gasteiger partial charge in [0.15, 0.2) is 17.6 Å². The summed E-state index contributed by atoms with van der Waals surface area (Å²) in [6.07, 6.45) is -1.54. The zero-order valence-corrected chi connectivity index (χ0v) is 9.75. The Balaban J connectivity index is 2.64. The van der Waals surface area contributed by atoms with E-state index in [1.165, 1.54) is 18.2 Å². The number of carbonyl (C=O) groups is 1. The lowest BCUT2D eigenvalue weighted by atomic mass is 10.1. The first-order valence-electron chi connectivity index (χ1n) is 5.29. The largest absolute Gasteiger partial charge is 0.504 e. The topological polar surface area (TPSA) is 87.0 Å². The monoisotopic (exact) mass is 240 g/mol. The lowest BCUT2D eigenvalue weighted by Gasteiger charge is -2.13. The van der Waals surface area contributed by atoms with Gasteiger partial charge in [0.2, 0.25) is 0 Å². The van der Waals surface area contributed by atoms with Crippen LogP contribution in [0, 0.1) is 0 Å². The highest BCUT2D eigenvalue weighted by atomic mass is 16.6. The van der Waals surface area contributed by atoms with Crippen LogP contribution < -0.4 is 0 Å². The Morgan fingerprint density at radius 3 is 2.47 bits per heavy atom. The molecule has 0 saturated carbocycles. The second-order valence-electron chi connectivity index (χ2n) is 4.03. The Morgan fingerprint density at radius 2 is 1.94 bits per heavy atom. The van der Waals surface area contributed by atoms with Crippen molar-refractivity contribution in [3.8, 4) is 11.5 Å². The summed E-state index contributed by atoms with van der Waals surface area (Å²) in [4.78, 5) is 11.3. The summed E-state index contributed by atoms with van der Waals surface area (Å²) in [6, 6.07) is 4.10. The number of esters is 1. The standard InChI is InChI=1S/C12H16O5/c1-7(2)17-12(16)11(15)6-8-3-4-9(13)10(14)5-8/h3-5,7,11,13-15H,6H2,1-2H3/t11-/m0/s1. The van der Waals surface area contributed by atoms with Crippen molar-refractivity contribution >= 4 is 5.97 Å². The summed E-state index contributed by atoms with van der Waals surface area (Å²) in [5.41, 5.74) is 0.536. The van der Waals surface area contributed by atoms with Gasteiger partial charge < -0.3 is 20.1 Å². The quantitative estimate of drug-likeness (QED) is 0.539. The van der Waals surface area contributed by atoms with Gasteiger partial charge in [0, 0.05) is 6.42 Å². The van der Waals surface area contributed by atoms with E-state index >= 15 is 0 Å². The molecule has 17 heavy (non-hydrogen) atoms. The van der Waals surface area contributed by atoms with Crippen molar-refractivity contribution in [2.45, 2.75) is 32.5 Å². The molecule has 1 aromatic carbocycles. The summed E-state index contributed by atoms with van der Waals surface area (Å²) < 4.78 is 4.84. The first-order valence-corrected chi connectivity index (χ1v) is 5.29. The first kappa shape index (κ1) is 13.3. The fraction of sp³-hybridized carbons (Fsp3) is 0.417. The molecule has 94 valence electrons. The molecule has 0 bridgehead atoms. The molecule has 0 unspecified atom stereocenters. The smallest absolute Gasteiger partial charge is 0.335 e. The molecule has 0 aliphatic rings. The molecule has 5 nitrogen and oxygen atoms in total. The third kappa shape index (κ3) is 3.96. The van der Waals surface area contributed by atoms with Gasteiger partial charge in [-0.2, -0.15) is 0 Å². The van der Waals surface area contributed by atoms with Crippen LogP contribution in [0.1, 0.15) is 19.4 Å². The number of ether oxygens (including phenoxy) is 1. The summed E-state index contributed by atoms with van der Waals surface area (Å²) in [5.74, 6) is -1.23. The van der Waals surface area contributed by atoms with Crippen LogP contribution in [0.4, 0.5) is 0 Å².